The number of likely N-dealkylation sites (tertiary alicyclic amines) is 1. The molecular formula is C11H21N3O3. The summed E-state index contributed by atoms with van der Waals surface area (Å²) in [6.45, 7) is 1.89. The highest BCUT2D eigenvalue weighted by atomic mass is 16.4. The van der Waals surface area contributed by atoms with E-state index in [0.29, 0.717) is 0 Å². The van der Waals surface area contributed by atoms with Crippen molar-refractivity contribution in [1.82, 2.24) is 15.1 Å². The molecule has 0 bridgehead atoms. The fraction of sp³-hybridized carbons (Fsp3) is 0.818. The lowest BCUT2D eigenvalue weighted by atomic mass is 10.0. The second-order valence-corrected chi connectivity index (χ2v) is 4.54. The SMILES string of the molecule is CNC(C(=O)O)C(=O)N(C)C1CCN(C)CC1. The molecule has 1 aliphatic rings. The van der Waals surface area contributed by atoms with E-state index >= 15 is 0 Å². The first-order valence-electron chi connectivity index (χ1n) is 5.82. The maximum Gasteiger partial charge on any atom is 0.330 e. The summed E-state index contributed by atoms with van der Waals surface area (Å²) in [5, 5.41) is 11.4. The van der Waals surface area contributed by atoms with Gasteiger partial charge in [-0.1, -0.05) is 0 Å². The van der Waals surface area contributed by atoms with Gasteiger partial charge in [-0.25, -0.2) is 4.79 Å². The van der Waals surface area contributed by atoms with Crippen LogP contribution in [-0.4, -0.2) is 73.1 Å². The Bertz CT molecular complexity index is 288. The second kappa shape index (κ2) is 5.97. The smallest absolute Gasteiger partial charge is 0.330 e. The average molecular weight is 243 g/mol. The Balaban J connectivity index is 2.59. The number of carboxylic acids is 1. The van der Waals surface area contributed by atoms with Gasteiger partial charge in [0.25, 0.3) is 5.91 Å². The quantitative estimate of drug-likeness (QED) is 0.633. The molecule has 0 aromatic rings. The number of hydrogen-bond donors (Lipinski definition) is 2. The predicted molar refractivity (Wildman–Crippen MR) is 63.8 cm³/mol. The van der Waals surface area contributed by atoms with E-state index < -0.39 is 12.0 Å². The molecule has 0 radical (unpaired) electrons. The van der Waals surface area contributed by atoms with Crippen molar-refractivity contribution < 1.29 is 14.7 Å². The number of likely N-dealkylation sites (N-methyl/N-ethyl adjacent to an activating group) is 2. The molecule has 1 heterocycles. The minimum absolute atomic E-state index is 0.147. The molecule has 0 aromatic carbocycles. The number of piperidine rings is 1. The predicted octanol–water partition coefficient (Wildman–Crippen LogP) is -0.788. The van der Waals surface area contributed by atoms with Crippen LogP contribution in [-0.2, 0) is 9.59 Å². The average Bonchev–Trinajstić information content (AvgIpc) is 2.29. The molecule has 17 heavy (non-hydrogen) atoms. The Morgan fingerprint density at radius 2 is 1.94 bits per heavy atom. The normalized spacial score (nSPS) is 19.9. The lowest BCUT2D eigenvalue weighted by molar-refractivity contribution is -0.148. The Morgan fingerprint density at radius 1 is 1.41 bits per heavy atom. The first kappa shape index (κ1) is 13.9. The molecule has 1 atom stereocenters. The van der Waals surface area contributed by atoms with Crippen molar-refractivity contribution in [2.24, 2.45) is 0 Å². The van der Waals surface area contributed by atoms with Crippen LogP contribution in [0, 0.1) is 0 Å². The summed E-state index contributed by atoms with van der Waals surface area (Å²) in [4.78, 5) is 26.6. The van der Waals surface area contributed by atoms with Crippen molar-refractivity contribution in [3.05, 3.63) is 0 Å². The first-order chi connectivity index (χ1) is 7.97. The molecule has 0 saturated carbocycles. The van der Waals surface area contributed by atoms with E-state index in [2.05, 4.69) is 10.2 Å². The van der Waals surface area contributed by atoms with Crippen LogP contribution >= 0.6 is 0 Å². The molecule has 0 spiro atoms. The summed E-state index contributed by atoms with van der Waals surface area (Å²) in [6, 6.07) is -0.992. The highest BCUT2D eigenvalue weighted by Crippen LogP contribution is 2.14. The van der Waals surface area contributed by atoms with Crippen LogP contribution < -0.4 is 5.32 Å². The summed E-state index contributed by atoms with van der Waals surface area (Å²) in [7, 11) is 5.22. The molecule has 6 heteroatoms. The van der Waals surface area contributed by atoms with Crippen LogP contribution in [0.3, 0.4) is 0 Å². The van der Waals surface area contributed by atoms with Gasteiger partial charge in [-0.3, -0.25) is 10.1 Å². The zero-order valence-corrected chi connectivity index (χ0v) is 10.6. The van der Waals surface area contributed by atoms with Gasteiger partial charge >= 0.3 is 5.97 Å². The van der Waals surface area contributed by atoms with Crippen molar-refractivity contribution in [2.45, 2.75) is 24.9 Å². The van der Waals surface area contributed by atoms with Crippen LogP contribution in [0.25, 0.3) is 0 Å². The van der Waals surface area contributed by atoms with Crippen LogP contribution in [0.4, 0.5) is 0 Å². The fourth-order valence-electron chi connectivity index (χ4n) is 2.12. The van der Waals surface area contributed by atoms with Crippen molar-refractivity contribution in [2.75, 3.05) is 34.2 Å². The van der Waals surface area contributed by atoms with E-state index in [9.17, 15) is 9.59 Å². The molecule has 1 unspecified atom stereocenters. The van der Waals surface area contributed by atoms with Crippen molar-refractivity contribution in [1.29, 1.82) is 0 Å². The van der Waals surface area contributed by atoms with Crippen LogP contribution in [0.2, 0.25) is 0 Å². The molecule has 1 aliphatic heterocycles. The van der Waals surface area contributed by atoms with Gasteiger partial charge in [-0.2, -0.15) is 0 Å². The summed E-state index contributed by atoms with van der Waals surface area (Å²) < 4.78 is 0. The van der Waals surface area contributed by atoms with Crippen LogP contribution in [0.1, 0.15) is 12.8 Å². The maximum atomic E-state index is 12.0. The summed E-state index contributed by atoms with van der Waals surface area (Å²) >= 11 is 0. The lowest BCUT2D eigenvalue weighted by Crippen LogP contribution is -2.53. The van der Waals surface area contributed by atoms with Crippen LogP contribution in [0.15, 0.2) is 0 Å². The Kier molecular flexibility index (Phi) is 4.89. The van der Waals surface area contributed by atoms with E-state index in [1.165, 1.54) is 7.05 Å². The third kappa shape index (κ3) is 3.41. The maximum absolute atomic E-state index is 12.0. The zero-order valence-electron chi connectivity index (χ0n) is 10.6. The Labute approximate surface area is 102 Å². The van der Waals surface area contributed by atoms with E-state index in [1.54, 1.807) is 11.9 Å². The van der Waals surface area contributed by atoms with Crippen molar-refractivity contribution >= 4 is 11.9 Å². The Morgan fingerprint density at radius 3 is 2.35 bits per heavy atom. The number of carboxylic acid groups (broad SMARTS) is 1. The largest absolute Gasteiger partial charge is 0.480 e. The van der Waals surface area contributed by atoms with Gasteiger partial charge < -0.3 is 14.9 Å². The van der Waals surface area contributed by atoms with Gasteiger partial charge in [-0.05, 0) is 40.0 Å². The van der Waals surface area contributed by atoms with Crippen molar-refractivity contribution in [3.8, 4) is 0 Å². The van der Waals surface area contributed by atoms with E-state index in [1.807, 2.05) is 7.05 Å². The number of carbonyl (C=O) groups is 2. The van der Waals surface area contributed by atoms with Crippen molar-refractivity contribution in [3.63, 3.8) is 0 Å². The van der Waals surface area contributed by atoms with Gasteiger partial charge in [0.2, 0.25) is 0 Å². The van der Waals surface area contributed by atoms with Gasteiger partial charge in [-0.15, -0.1) is 0 Å². The molecule has 1 amide bonds. The van der Waals surface area contributed by atoms with E-state index in [0.717, 1.165) is 25.9 Å². The fourth-order valence-corrected chi connectivity index (χ4v) is 2.12. The molecular weight excluding hydrogens is 222 g/mol. The lowest BCUT2D eigenvalue weighted by Gasteiger charge is -2.36. The number of hydrogen-bond acceptors (Lipinski definition) is 4. The molecule has 0 aliphatic carbocycles. The standard InChI is InChI=1S/C11H21N3O3/c1-12-9(11(16)17)10(15)14(3)8-4-6-13(2)7-5-8/h8-9,12H,4-7H2,1-3H3,(H,16,17). The molecule has 1 rings (SSSR count). The number of nitrogens with one attached hydrogen (secondary N) is 1. The number of carbonyl (C=O) groups excluding carboxylic acids is 1. The van der Waals surface area contributed by atoms with Gasteiger partial charge in [0.1, 0.15) is 0 Å². The number of nitrogens with zero attached hydrogens (tertiary/aromatic N) is 2. The van der Waals surface area contributed by atoms with E-state index in [-0.39, 0.29) is 11.9 Å². The van der Waals surface area contributed by atoms with Gasteiger partial charge in [0, 0.05) is 13.1 Å². The topological polar surface area (TPSA) is 72.9 Å². The number of amides is 1. The minimum atomic E-state index is -1.14. The first-order valence-corrected chi connectivity index (χ1v) is 5.82. The molecule has 2 N–H and O–H groups in total. The number of aliphatic carboxylic acids is 1. The highest BCUT2D eigenvalue weighted by molar-refractivity contribution is 6.01. The number of rotatable bonds is 4. The monoisotopic (exact) mass is 243 g/mol. The van der Waals surface area contributed by atoms with E-state index in [4.69, 9.17) is 5.11 Å². The molecule has 1 saturated heterocycles. The second-order valence-electron chi connectivity index (χ2n) is 4.54. The third-order valence-corrected chi connectivity index (χ3v) is 3.37. The Hall–Kier alpha value is -1.14. The molecule has 0 aromatic heterocycles. The molecule has 6 nitrogen and oxygen atoms in total. The molecule has 1 fully saturated rings. The summed E-state index contributed by atoms with van der Waals surface area (Å²) in [5.41, 5.74) is 0. The summed E-state index contributed by atoms with van der Waals surface area (Å²) in [6.07, 6.45) is 1.80. The van der Waals surface area contributed by atoms with Gasteiger partial charge in [0.15, 0.2) is 6.04 Å². The zero-order chi connectivity index (χ0) is 13.0. The third-order valence-electron chi connectivity index (χ3n) is 3.37. The minimum Gasteiger partial charge on any atom is -0.480 e. The summed E-state index contributed by atoms with van der Waals surface area (Å²) in [5.74, 6) is -1.49. The molecule has 98 valence electrons. The van der Waals surface area contributed by atoms with Gasteiger partial charge in [0.05, 0.1) is 0 Å². The van der Waals surface area contributed by atoms with Crippen LogP contribution in [0.5, 0.6) is 0 Å². The highest BCUT2D eigenvalue weighted by Gasteiger charge is 2.31.